The van der Waals surface area contributed by atoms with Crippen LogP contribution in [-0.2, 0) is 10.8 Å². The third-order valence-corrected chi connectivity index (χ3v) is 22.8. The Labute approximate surface area is 598 Å². The van der Waals surface area contributed by atoms with Crippen LogP contribution in [0.4, 0.5) is 34.1 Å². The van der Waals surface area contributed by atoms with Gasteiger partial charge in [-0.2, -0.15) is 0 Å². The Hall–Kier alpha value is -9.63. The zero-order valence-electron chi connectivity index (χ0n) is 61.8. The molecule has 0 N–H and O–H groups in total. The first-order chi connectivity index (χ1) is 48.2. The van der Waals surface area contributed by atoms with E-state index in [1.54, 1.807) is 0 Å². The molecule has 3 aliphatic heterocycles. The lowest BCUT2D eigenvalue weighted by Gasteiger charge is -2.47. The second kappa shape index (κ2) is 25.8. The molecule has 0 radical (unpaired) electrons. The van der Waals surface area contributed by atoms with E-state index in [2.05, 4.69) is 375 Å². The predicted molar refractivity (Wildman–Crippen MR) is 432 cm³/mol. The molecule has 0 aromatic heterocycles. The quantitative estimate of drug-likeness (QED) is 0.100. The van der Waals surface area contributed by atoms with Crippen molar-refractivity contribution in [1.29, 1.82) is 0 Å². The Morgan fingerprint density at radius 2 is 0.500 bits per heavy atom. The molecule has 496 valence electrons. The molecule has 0 spiro atoms. The summed E-state index contributed by atoms with van der Waals surface area (Å²) < 4.78 is 0. The largest absolute Gasteiger partial charge is 0.310 e. The van der Waals surface area contributed by atoms with Crippen LogP contribution in [0, 0.1) is 27.7 Å². The van der Waals surface area contributed by atoms with E-state index in [1.807, 2.05) is 0 Å². The number of nitrogens with zero attached hydrogens (tertiary/aromatic N) is 2. The Bertz CT molecular complexity index is 4600. The number of hydrogen-bond acceptors (Lipinski definition) is 2. The first-order valence-electron chi connectivity index (χ1n) is 37.1. The summed E-state index contributed by atoms with van der Waals surface area (Å²) in [4.78, 5) is 5.29. The molecule has 0 saturated heterocycles. The Morgan fingerprint density at radius 3 is 0.740 bits per heavy atom. The third kappa shape index (κ3) is 10.6. The van der Waals surface area contributed by atoms with Crippen molar-refractivity contribution in [1.82, 2.24) is 0 Å². The average molecular weight is 1300 g/mol. The van der Waals surface area contributed by atoms with Crippen molar-refractivity contribution in [2.45, 2.75) is 157 Å². The van der Waals surface area contributed by atoms with Crippen molar-refractivity contribution in [3.63, 3.8) is 0 Å². The van der Waals surface area contributed by atoms with E-state index in [0.29, 0.717) is 11.8 Å². The average Bonchev–Trinajstić information content (AvgIpc) is 0.701. The maximum Gasteiger partial charge on any atom is 0.240 e. The molecule has 3 aliphatic rings. The van der Waals surface area contributed by atoms with E-state index < -0.39 is 10.8 Å². The van der Waals surface area contributed by atoms with Gasteiger partial charge in [-0.1, -0.05) is 344 Å². The van der Waals surface area contributed by atoms with Gasteiger partial charge in [-0.25, -0.2) is 0 Å². The van der Waals surface area contributed by atoms with Gasteiger partial charge in [0, 0.05) is 11.4 Å². The summed E-state index contributed by atoms with van der Waals surface area (Å²) in [6.45, 7) is 37.9. The van der Waals surface area contributed by atoms with E-state index in [1.165, 1.54) is 156 Å². The number of rotatable bonds is 14. The predicted octanol–water partition coefficient (Wildman–Crippen LogP) is 21.3. The van der Waals surface area contributed by atoms with Crippen LogP contribution in [0.1, 0.15) is 219 Å². The van der Waals surface area contributed by atoms with Crippen LogP contribution in [0.25, 0.3) is 0 Å². The van der Waals surface area contributed by atoms with Gasteiger partial charge in [0.05, 0.1) is 33.6 Å². The van der Waals surface area contributed by atoms with Crippen molar-refractivity contribution >= 4 is 80.3 Å². The summed E-state index contributed by atoms with van der Waals surface area (Å²) in [5, 5.41) is 0. The second-order valence-electron chi connectivity index (χ2n) is 31.4. The standard InChI is InChI=1S/C96H96B2N2/c1-59(2)69-53-77(61(5)6)93(78(54-69)62(7)8)97-85-43-41-75(99-89-45-37-65(13)49-81(89)95(71-29-21-17-22-30-71,72-31-23-18-24-32-72)82-50-66(14)38-46-90(82)99)57-87(85)98(94-79(63(9)10)55-70(60(3)4)56-80(94)64(11)12)88-58-76(42-44-86(88)97)100-91-47-39-67(15)51-83(91)96(73-33-25-19-26-34-73,74-35-27-20-28-36-74)84-52-68(16)40-48-92(84)100/h17-64H,1-16H3. The Balaban J connectivity index is 1.08. The van der Waals surface area contributed by atoms with Gasteiger partial charge in [-0.05, 0) is 190 Å². The van der Waals surface area contributed by atoms with E-state index in [4.69, 9.17) is 0 Å². The third-order valence-electron chi connectivity index (χ3n) is 22.8. The van der Waals surface area contributed by atoms with E-state index >= 15 is 0 Å². The fourth-order valence-electron chi connectivity index (χ4n) is 18.1. The SMILES string of the molecule is Cc1ccc2c(c1)C(c1ccccc1)(c1ccccc1)c1cc(C)ccc1N2c1ccc2c(c1)B(c1c(C(C)C)cc(C(C)C)cc1C(C)C)c1cc(N3c4ccc(C)cc4C(c4ccccc4)(c4ccccc4)c4cc(C)ccc43)ccc1B2c1c(C(C)C)cc(C(C)C)cc1C(C)C. The van der Waals surface area contributed by atoms with Crippen molar-refractivity contribution < 1.29 is 0 Å². The molecule has 0 bridgehead atoms. The first-order valence-corrected chi connectivity index (χ1v) is 37.1. The molecule has 4 heteroatoms. The molecule has 3 heterocycles. The molecule has 2 nitrogen and oxygen atoms in total. The molecular weight excluding hydrogens is 1200 g/mol. The molecule has 0 aliphatic carbocycles. The minimum absolute atomic E-state index is 0.0922. The van der Waals surface area contributed by atoms with E-state index in [0.717, 1.165) is 11.4 Å². The zero-order chi connectivity index (χ0) is 69.8. The summed E-state index contributed by atoms with van der Waals surface area (Å²) in [7, 11) is 0. The number of hydrogen-bond donors (Lipinski definition) is 0. The summed E-state index contributed by atoms with van der Waals surface area (Å²) in [6.07, 6.45) is 0. The van der Waals surface area contributed by atoms with Crippen molar-refractivity contribution in [3.05, 3.63) is 355 Å². The highest BCUT2D eigenvalue weighted by Crippen LogP contribution is 2.60. The van der Waals surface area contributed by atoms with Crippen LogP contribution in [0.3, 0.4) is 0 Å². The minimum atomic E-state index is -0.622. The molecule has 0 saturated carbocycles. The van der Waals surface area contributed by atoms with Crippen LogP contribution in [0.5, 0.6) is 0 Å². The molecule has 100 heavy (non-hydrogen) atoms. The summed E-state index contributed by atoms with van der Waals surface area (Å²) in [6, 6.07) is 100. The molecule has 12 aromatic rings. The molecule has 0 unspecified atom stereocenters. The molecule has 0 fully saturated rings. The molecule has 15 rings (SSSR count). The molecule has 12 aromatic carbocycles. The lowest BCUT2D eigenvalue weighted by molar-refractivity contribution is 0.729. The monoisotopic (exact) mass is 1300 g/mol. The van der Waals surface area contributed by atoms with Crippen LogP contribution >= 0.6 is 0 Å². The van der Waals surface area contributed by atoms with Crippen LogP contribution in [0.2, 0.25) is 0 Å². The number of anilines is 6. The highest BCUT2D eigenvalue weighted by Gasteiger charge is 2.51. The number of benzene rings is 12. The molecule has 0 atom stereocenters. The van der Waals surface area contributed by atoms with Crippen LogP contribution < -0.4 is 42.6 Å². The van der Waals surface area contributed by atoms with Gasteiger partial charge in [-0.15, -0.1) is 0 Å². The lowest BCUT2D eigenvalue weighted by Crippen LogP contribution is -2.76. The first kappa shape index (κ1) is 66.3. The van der Waals surface area contributed by atoms with Crippen molar-refractivity contribution in [2.75, 3.05) is 9.80 Å². The van der Waals surface area contributed by atoms with Crippen LogP contribution in [0.15, 0.2) is 255 Å². The van der Waals surface area contributed by atoms with Crippen molar-refractivity contribution in [3.8, 4) is 0 Å². The van der Waals surface area contributed by atoms with E-state index in [-0.39, 0.29) is 37.1 Å². The summed E-state index contributed by atoms with van der Waals surface area (Å²) in [5.41, 5.74) is 37.9. The fourth-order valence-corrected chi connectivity index (χ4v) is 18.1. The molecular formula is C96H96B2N2. The topological polar surface area (TPSA) is 6.48 Å². The normalized spacial score (nSPS) is 14.2. The Kier molecular flexibility index (Phi) is 17.1. The van der Waals surface area contributed by atoms with Gasteiger partial charge >= 0.3 is 0 Å². The van der Waals surface area contributed by atoms with Gasteiger partial charge in [0.1, 0.15) is 0 Å². The maximum atomic E-state index is 2.69. The highest BCUT2D eigenvalue weighted by atomic mass is 15.2. The van der Waals surface area contributed by atoms with Gasteiger partial charge < -0.3 is 9.80 Å². The highest BCUT2D eigenvalue weighted by molar-refractivity contribution is 7.11. The van der Waals surface area contributed by atoms with Crippen molar-refractivity contribution in [2.24, 2.45) is 0 Å². The summed E-state index contributed by atoms with van der Waals surface area (Å²) in [5.74, 6) is 1.73. The van der Waals surface area contributed by atoms with E-state index in [9.17, 15) is 0 Å². The second-order valence-corrected chi connectivity index (χ2v) is 31.4. The Morgan fingerprint density at radius 1 is 0.250 bits per heavy atom. The fraction of sp³-hybridized carbons (Fsp3) is 0.250. The smallest absolute Gasteiger partial charge is 0.240 e. The zero-order valence-corrected chi connectivity index (χ0v) is 61.8. The van der Waals surface area contributed by atoms with Gasteiger partial charge in [-0.3, -0.25) is 0 Å². The number of aryl methyl sites for hydroxylation is 4. The maximum absolute atomic E-state index is 2.69. The summed E-state index contributed by atoms with van der Waals surface area (Å²) >= 11 is 0. The lowest BCUT2D eigenvalue weighted by atomic mass is 9.20. The van der Waals surface area contributed by atoms with Gasteiger partial charge in [0.2, 0.25) is 13.4 Å². The van der Waals surface area contributed by atoms with Gasteiger partial charge in [0.15, 0.2) is 0 Å². The minimum Gasteiger partial charge on any atom is -0.310 e. The molecule has 0 amide bonds. The number of fused-ring (bicyclic) bond motifs is 6. The van der Waals surface area contributed by atoms with Crippen LogP contribution in [-0.4, -0.2) is 13.4 Å². The van der Waals surface area contributed by atoms with Gasteiger partial charge in [0.25, 0.3) is 0 Å².